The van der Waals surface area contributed by atoms with E-state index in [1.54, 1.807) is 0 Å². The van der Waals surface area contributed by atoms with Crippen LogP contribution < -0.4 is 16.7 Å². The molecule has 4 rings (SSSR count). The van der Waals surface area contributed by atoms with Crippen LogP contribution in [0.25, 0.3) is 0 Å². The van der Waals surface area contributed by atoms with Crippen LogP contribution in [0, 0.1) is 0 Å². The largest absolute Gasteiger partial charge is 0.418 e. The van der Waals surface area contributed by atoms with Crippen molar-refractivity contribution in [3.05, 3.63) is 132 Å². The number of nitrogens with two attached hydrogens (primary N) is 1. The number of hydrogen-bond acceptors (Lipinski definition) is 2. The van der Waals surface area contributed by atoms with E-state index < -0.39 is 0 Å². The first-order valence-electron chi connectivity index (χ1n) is 9.94. The third-order valence-electron chi connectivity index (χ3n) is 5.13. The standard InChI is InChI=1S/C26H24BNO/c28-25(21-13-5-1-6-14-21)26(22-15-7-2-8-16-22)29-27(23-17-9-3-10-18-23)24-19-11-4-12-20-24/h1-20,25-26H,28H2. The lowest BCUT2D eigenvalue weighted by atomic mass is 9.55. The van der Waals surface area contributed by atoms with E-state index in [0.717, 1.165) is 22.1 Å². The SMILES string of the molecule is NC(c1ccccc1)C(OB(c1ccccc1)c1ccccc1)c1ccccc1. The fourth-order valence-electron chi connectivity index (χ4n) is 3.62. The Morgan fingerprint density at radius 2 is 0.897 bits per heavy atom. The van der Waals surface area contributed by atoms with Crippen molar-refractivity contribution in [3.63, 3.8) is 0 Å². The molecule has 0 aliphatic rings. The third-order valence-corrected chi connectivity index (χ3v) is 5.13. The highest BCUT2D eigenvalue weighted by Crippen LogP contribution is 2.30. The maximum atomic E-state index is 6.80. The molecular weight excluding hydrogens is 353 g/mol. The summed E-state index contributed by atoms with van der Waals surface area (Å²) < 4.78 is 6.80. The zero-order valence-electron chi connectivity index (χ0n) is 16.3. The quantitative estimate of drug-likeness (QED) is 0.489. The highest BCUT2D eigenvalue weighted by Gasteiger charge is 2.30. The van der Waals surface area contributed by atoms with Gasteiger partial charge in [-0.1, -0.05) is 121 Å². The van der Waals surface area contributed by atoms with Gasteiger partial charge in [0, 0.05) is 0 Å². The molecule has 0 aliphatic carbocycles. The fourth-order valence-corrected chi connectivity index (χ4v) is 3.62. The van der Waals surface area contributed by atoms with Crippen molar-refractivity contribution >= 4 is 17.8 Å². The predicted molar refractivity (Wildman–Crippen MR) is 122 cm³/mol. The van der Waals surface area contributed by atoms with E-state index in [1.165, 1.54) is 0 Å². The van der Waals surface area contributed by atoms with Crippen molar-refractivity contribution in [3.8, 4) is 0 Å². The summed E-state index contributed by atoms with van der Waals surface area (Å²) in [4.78, 5) is 0. The first-order chi connectivity index (χ1) is 14.3. The average Bonchev–Trinajstić information content (AvgIpc) is 2.82. The second-order valence-corrected chi connectivity index (χ2v) is 7.11. The van der Waals surface area contributed by atoms with Gasteiger partial charge in [0.15, 0.2) is 0 Å². The van der Waals surface area contributed by atoms with E-state index in [4.69, 9.17) is 10.4 Å². The zero-order chi connectivity index (χ0) is 19.9. The minimum Gasteiger partial charge on any atom is -0.418 e. The molecule has 0 aromatic heterocycles. The van der Waals surface area contributed by atoms with Gasteiger partial charge in [-0.05, 0) is 22.1 Å². The van der Waals surface area contributed by atoms with E-state index in [-0.39, 0.29) is 19.1 Å². The van der Waals surface area contributed by atoms with Gasteiger partial charge >= 0.3 is 6.92 Å². The fraction of sp³-hybridized carbons (Fsp3) is 0.0769. The molecule has 4 aromatic rings. The van der Waals surface area contributed by atoms with Crippen molar-refractivity contribution < 1.29 is 4.65 Å². The molecule has 0 aliphatic heterocycles. The summed E-state index contributed by atoms with van der Waals surface area (Å²) in [6.07, 6.45) is -0.288. The second-order valence-electron chi connectivity index (χ2n) is 7.11. The summed E-state index contributed by atoms with van der Waals surface area (Å²) in [7, 11) is 0. The van der Waals surface area contributed by atoms with Crippen LogP contribution in [0.5, 0.6) is 0 Å². The van der Waals surface area contributed by atoms with Gasteiger partial charge in [0.2, 0.25) is 0 Å². The molecule has 3 heteroatoms. The van der Waals surface area contributed by atoms with Crippen LogP contribution in [-0.2, 0) is 4.65 Å². The molecule has 2 unspecified atom stereocenters. The van der Waals surface area contributed by atoms with Gasteiger partial charge in [0.1, 0.15) is 0 Å². The highest BCUT2D eigenvalue weighted by atomic mass is 16.4. The zero-order valence-corrected chi connectivity index (χ0v) is 16.3. The lowest BCUT2D eigenvalue weighted by Crippen LogP contribution is -2.46. The Bertz CT molecular complexity index is 954. The molecule has 4 aromatic carbocycles. The van der Waals surface area contributed by atoms with Gasteiger partial charge < -0.3 is 10.4 Å². The van der Waals surface area contributed by atoms with Crippen molar-refractivity contribution in [1.29, 1.82) is 0 Å². The Balaban J connectivity index is 1.75. The van der Waals surface area contributed by atoms with Crippen LogP contribution in [0.1, 0.15) is 23.3 Å². The summed E-state index contributed by atoms with van der Waals surface area (Å²) in [5.74, 6) is 0. The second kappa shape index (κ2) is 9.38. The lowest BCUT2D eigenvalue weighted by molar-refractivity contribution is 0.181. The van der Waals surface area contributed by atoms with E-state index in [9.17, 15) is 0 Å². The maximum absolute atomic E-state index is 6.80. The molecule has 0 amide bonds. The Kier molecular flexibility index (Phi) is 6.20. The minimum atomic E-state index is -0.288. The van der Waals surface area contributed by atoms with Crippen LogP contribution in [0.3, 0.4) is 0 Å². The van der Waals surface area contributed by atoms with Gasteiger partial charge in [0.05, 0.1) is 12.1 Å². The molecule has 0 saturated carbocycles. The first kappa shape index (κ1) is 19.2. The molecule has 2 N–H and O–H groups in total. The monoisotopic (exact) mass is 377 g/mol. The first-order valence-corrected chi connectivity index (χ1v) is 9.94. The number of rotatable bonds is 7. The van der Waals surface area contributed by atoms with E-state index in [0.29, 0.717) is 0 Å². The lowest BCUT2D eigenvalue weighted by Gasteiger charge is -2.29. The van der Waals surface area contributed by atoms with Crippen LogP contribution in [-0.4, -0.2) is 6.92 Å². The van der Waals surface area contributed by atoms with Crippen LogP contribution >= 0.6 is 0 Å². The van der Waals surface area contributed by atoms with Crippen molar-refractivity contribution in [2.24, 2.45) is 5.73 Å². The predicted octanol–water partition coefficient (Wildman–Crippen LogP) is 4.25. The Morgan fingerprint density at radius 3 is 1.34 bits per heavy atom. The van der Waals surface area contributed by atoms with E-state index in [2.05, 4.69) is 48.5 Å². The Morgan fingerprint density at radius 1 is 0.517 bits per heavy atom. The molecule has 0 spiro atoms. The minimum absolute atomic E-state index is 0.211. The van der Waals surface area contributed by atoms with Crippen LogP contribution in [0.15, 0.2) is 121 Å². The molecule has 142 valence electrons. The summed E-state index contributed by atoms with van der Waals surface area (Å²) in [5.41, 5.74) is 11.1. The molecule has 0 heterocycles. The van der Waals surface area contributed by atoms with Crippen molar-refractivity contribution in [2.45, 2.75) is 12.1 Å². The number of hydrogen-bond donors (Lipinski definition) is 1. The van der Waals surface area contributed by atoms with Crippen molar-refractivity contribution in [1.82, 2.24) is 0 Å². The molecule has 0 radical (unpaired) electrons. The molecule has 29 heavy (non-hydrogen) atoms. The number of benzene rings is 4. The third kappa shape index (κ3) is 4.65. The molecule has 2 nitrogen and oxygen atoms in total. The topological polar surface area (TPSA) is 35.2 Å². The summed E-state index contributed by atoms with van der Waals surface area (Å²) in [5, 5.41) is 0. The van der Waals surface area contributed by atoms with Gasteiger partial charge in [-0.15, -0.1) is 0 Å². The molecule has 0 fully saturated rings. The summed E-state index contributed by atoms with van der Waals surface area (Å²) in [6.45, 7) is -0.211. The summed E-state index contributed by atoms with van der Waals surface area (Å²) >= 11 is 0. The smallest absolute Gasteiger partial charge is 0.362 e. The highest BCUT2D eigenvalue weighted by molar-refractivity contribution is 6.80. The van der Waals surface area contributed by atoms with Crippen molar-refractivity contribution in [2.75, 3.05) is 0 Å². The molecule has 2 atom stereocenters. The molecular formula is C26H24BNO. The summed E-state index contributed by atoms with van der Waals surface area (Å²) in [6, 6.07) is 40.8. The van der Waals surface area contributed by atoms with Gasteiger partial charge in [-0.25, -0.2) is 0 Å². The molecule has 0 saturated heterocycles. The van der Waals surface area contributed by atoms with Gasteiger partial charge in [0.25, 0.3) is 0 Å². The maximum Gasteiger partial charge on any atom is 0.362 e. The Labute approximate surface area is 173 Å². The average molecular weight is 377 g/mol. The van der Waals surface area contributed by atoms with Gasteiger partial charge in [-0.2, -0.15) is 0 Å². The molecule has 0 bridgehead atoms. The van der Waals surface area contributed by atoms with Crippen LogP contribution in [0.2, 0.25) is 0 Å². The normalized spacial score (nSPS) is 12.9. The van der Waals surface area contributed by atoms with E-state index in [1.807, 2.05) is 72.8 Å². The van der Waals surface area contributed by atoms with Gasteiger partial charge in [-0.3, -0.25) is 0 Å². The Hall–Kier alpha value is -3.14. The van der Waals surface area contributed by atoms with Crippen LogP contribution in [0.4, 0.5) is 0 Å². The van der Waals surface area contributed by atoms with E-state index >= 15 is 0 Å².